The number of benzene rings is 1. The number of aryl methyl sites for hydroxylation is 2. The highest BCUT2D eigenvalue weighted by Crippen LogP contribution is 2.29. The molecule has 0 atom stereocenters. The monoisotopic (exact) mass is 601 g/mol. The number of amides is 1. The Hall–Kier alpha value is -3.68. The van der Waals surface area contributed by atoms with Gasteiger partial charge in [-0.2, -0.15) is 12.7 Å². The predicted octanol–water partition coefficient (Wildman–Crippen LogP) is 3.32. The van der Waals surface area contributed by atoms with Gasteiger partial charge in [0.25, 0.3) is 5.56 Å². The molecule has 0 spiro atoms. The van der Waals surface area contributed by atoms with Crippen molar-refractivity contribution in [3.05, 3.63) is 68.6 Å². The molecule has 4 heterocycles. The quantitative estimate of drug-likeness (QED) is 0.355. The number of ether oxygens (including phenoxy) is 1. The standard InChI is InChI=1S/C27H32ClN7O5S/c1-16-10-23-29-19(15-34(23)14-17(16)2)13-22-30-24-20(25(36)31-22)11-18(28)12-21(24)33-6-8-35(9-7-33)41(38,39)32-26(37)40-27(3,4)5/h10-12,14-15H,6-9,13H2,1-5H3,(H,32,37)(H,30,31,36). The van der Waals surface area contributed by atoms with E-state index in [0.717, 1.165) is 22.5 Å². The van der Waals surface area contributed by atoms with Crippen LogP contribution >= 0.6 is 11.6 Å². The highest BCUT2D eigenvalue weighted by atomic mass is 35.5. The smallest absolute Gasteiger partial charge is 0.422 e. The van der Waals surface area contributed by atoms with Crippen LogP contribution in [0.25, 0.3) is 16.6 Å². The van der Waals surface area contributed by atoms with Crippen LogP contribution in [0.5, 0.6) is 0 Å². The predicted molar refractivity (Wildman–Crippen MR) is 157 cm³/mol. The lowest BCUT2D eigenvalue weighted by Crippen LogP contribution is -2.53. The topological polar surface area (TPSA) is 142 Å². The molecule has 1 aliphatic rings. The summed E-state index contributed by atoms with van der Waals surface area (Å²) in [7, 11) is -4.10. The summed E-state index contributed by atoms with van der Waals surface area (Å²) in [5.74, 6) is 0.450. The molecule has 12 nitrogen and oxygen atoms in total. The summed E-state index contributed by atoms with van der Waals surface area (Å²) in [5, 5.41) is 0.694. The number of rotatable bonds is 5. The van der Waals surface area contributed by atoms with Gasteiger partial charge in [-0.25, -0.2) is 19.5 Å². The third kappa shape index (κ3) is 6.31. The first-order chi connectivity index (χ1) is 19.2. The van der Waals surface area contributed by atoms with Gasteiger partial charge < -0.3 is 19.0 Å². The number of imidazole rings is 1. The molecule has 41 heavy (non-hydrogen) atoms. The molecule has 0 radical (unpaired) electrons. The Morgan fingerprint density at radius 2 is 1.78 bits per heavy atom. The van der Waals surface area contributed by atoms with Crippen molar-refractivity contribution in [3.63, 3.8) is 0 Å². The number of halogens is 1. The largest absolute Gasteiger partial charge is 0.443 e. The van der Waals surface area contributed by atoms with Crippen molar-refractivity contribution in [3.8, 4) is 0 Å². The van der Waals surface area contributed by atoms with E-state index in [1.807, 2.05) is 46.3 Å². The van der Waals surface area contributed by atoms with Crippen LogP contribution in [0.2, 0.25) is 5.02 Å². The number of hydrogen-bond acceptors (Lipinski definition) is 8. The van der Waals surface area contributed by atoms with Gasteiger partial charge in [-0.1, -0.05) is 11.6 Å². The molecule has 14 heteroatoms. The fourth-order valence-corrected chi connectivity index (χ4v) is 5.98. The Morgan fingerprint density at radius 1 is 1.07 bits per heavy atom. The summed E-state index contributed by atoms with van der Waals surface area (Å²) in [5.41, 5.74) is 3.78. The van der Waals surface area contributed by atoms with Crippen molar-refractivity contribution in [2.75, 3.05) is 31.1 Å². The molecule has 0 bridgehead atoms. The maximum absolute atomic E-state index is 13.1. The third-order valence-corrected chi connectivity index (χ3v) is 8.48. The number of anilines is 1. The van der Waals surface area contributed by atoms with Crippen LogP contribution in [-0.2, 0) is 21.4 Å². The van der Waals surface area contributed by atoms with E-state index < -0.39 is 21.9 Å². The van der Waals surface area contributed by atoms with Crippen LogP contribution in [0, 0.1) is 13.8 Å². The second-order valence-electron chi connectivity index (χ2n) is 11.1. The molecule has 5 rings (SSSR count). The Balaban J connectivity index is 1.39. The number of fused-ring (bicyclic) bond motifs is 2. The molecule has 3 aromatic heterocycles. The first-order valence-electron chi connectivity index (χ1n) is 13.1. The van der Waals surface area contributed by atoms with Gasteiger partial charge in [0.2, 0.25) is 0 Å². The zero-order chi connectivity index (χ0) is 29.7. The maximum Gasteiger partial charge on any atom is 0.422 e. The number of carbonyl (C=O) groups excluding carboxylic acids is 1. The first kappa shape index (κ1) is 28.8. The number of hydrogen-bond donors (Lipinski definition) is 2. The summed E-state index contributed by atoms with van der Waals surface area (Å²) < 4.78 is 35.7. The first-order valence-corrected chi connectivity index (χ1v) is 14.9. The molecule has 0 unspecified atom stereocenters. The Morgan fingerprint density at radius 3 is 2.46 bits per heavy atom. The summed E-state index contributed by atoms with van der Waals surface area (Å²) in [6.07, 6.45) is 3.21. The zero-order valence-electron chi connectivity index (χ0n) is 23.5. The van der Waals surface area contributed by atoms with E-state index in [-0.39, 0.29) is 18.6 Å². The SMILES string of the molecule is Cc1cc2nc(Cc3nc4c(N5CCN(S(=O)(=O)NC(=O)OC(C)(C)C)CC5)cc(Cl)cc4c(=O)[nH]3)cn2cc1C. The van der Waals surface area contributed by atoms with Gasteiger partial charge in [0, 0.05) is 50.0 Å². The van der Waals surface area contributed by atoms with Crippen LogP contribution in [-0.4, -0.2) is 69.9 Å². The second-order valence-corrected chi connectivity index (χ2v) is 13.2. The number of carbonyl (C=O) groups is 1. The van der Waals surface area contributed by atoms with Gasteiger partial charge in [-0.3, -0.25) is 4.79 Å². The number of aromatic amines is 1. The maximum atomic E-state index is 13.1. The van der Waals surface area contributed by atoms with E-state index in [4.69, 9.17) is 21.3 Å². The fraction of sp³-hybridized carbons (Fsp3) is 0.407. The minimum absolute atomic E-state index is 0.0995. The minimum Gasteiger partial charge on any atom is -0.443 e. The lowest BCUT2D eigenvalue weighted by atomic mass is 10.1. The Kier molecular flexibility index (Phi) is 7.47. The fourth-order valence-electron chi connectivity index (χ4n) is 4.74. The van der Waals surface area contributed by atoms with Crippen molar-refractivity contribution in [1.29, 1.82) is 0 Å². The van der Waals surface area contributed by atoms with E-state index in [0.29, 0.717) is 46.9 Å². The molecule has 1 amide bonds. The zero-order valence-corrected chi connectivity index (χ0v) is 25.1. The van der Waals surface area contributed by atoms with Gasteiger partial charge in [0.05, 0.1) is 16.8 Å². The average molecular weight is 602 g/mol. The number of H-pyrrole nitrogens is 1. The van der Waals surface area contributed by atoms with E-state index in [9.17, 15) is 18.0 Å². The number of nitrogens with one attached hydrogen (secondary N) is 2. The Labute approximate surface area is 242 Å². The minimum atomic E-state index is -4.10. The van der Waals surface area contributed by atoms with Crippen LogP contribution < -0.4 is 15.2 Å². The summed E-state index contributed by atoms with van der Waals surface area (Å²) in [6, 6.07) is 5.30. The summed E-state index contributed by atoms with van der Waals surface area (Å²) >= 11 is 6.38. The molecule has 4 aromatic rings. The molecule has 0 aliphatic carbocycles. The van der Waals surface area contributed by atoms with Crippen molar-refractivity contribution >= 4 is 50.1 Å². The van der Waals surface area contributed by atoms with Crippen LogP contribution in [0.3, 0.4) is 0 Å². The molecule has 1 aromatic carbocycles. The average Bonchev–Trinajstić information content (AvgIpc) is 3.23. The molecule has 0 saturated carbocycles. The van der Waals surface area contributed by atoms with Gasteiger partial charge in [0.1, 0.15) is 22.6 Å². The van der Waals surface area contributed by atoms with Crippen LogP contribution in [0.1, 0.15) is 43.4 Å². The van der Waals surface area contributed by atoms with Crippen molar-refractivity contribution in [2.45, 2.75) is 46.6 Å². The molecule has 218 valence electrons. The lowest BCUT2D eigenvalue weighted by molar-refractivity contribution is 0.0567. The lowest BCUT2D eigenvalue weighted by Gasteiger charge is -2.35. The molecule has 1 saturated heterocycles. The normalized spacial score (nSPS) is 15.0. The van der Waals surface area contributed by atoms with E-state index >= 15 is 0 Å². The number of nitrogens with zero attached hydrogens (tertiary/aromatic N) is 5. The number of pyridine rings is 1. The van der Waals surface area contributed by atoms with Crippen LogP contribution in [0.4, 0.5) is 10.5 Å². The van der Waals surface area contributed by atoms with Crippen molar-refractivity contribution in [1.82, 2.24) is 28.4 Å². The molecular formula is C27H32ClN7O5S. The molecule has 2 N–H and O–H groups in total. The number of aromatic nitrogens is 4. The molecule has 1 fully saturated rings. The van der Waals surface area contributed by atoms with Gasteiger partial charge >= 0.3 is 16.3 Å². The summed E-state index contributed by atoms with van der Waals surface area (Å²) in [4.78, 5) is 39.4. The molecular weight excluding hydrogens is 570 g/mol. The third-order valence-electron chi connectivity index (χ3n) is 6.79. The summed E-state index contributed by atoms with van der Waals surface area (Å²) in [6.45, 7) is 9.80. The van der Waals surface area contributed by atoms with E-state index in [1.54, 1.807) is 32.9 Å². The second kappa shape index (κ2) is 10.6. The van der Waals surface area contributed by atoms with Gasteiger partial charge in [-0.15, -0.1) is 0 Å². The number of piperazine rings is 1. The molecule has 1 aliphatic heterocycles. The van der Waals surface area contributed by atoms with Crippen molar-refractivity contribution < 1.29 is 17.9 Å². The van der Waals surface area contributed by atoms with E-state index in [1.165, 1.54) is 4.31 Å². The van der Waals surface area contributed by atoms with E-state index in [2.05, 4.69) is 9.97 Å². The van der Waals surface area contributed by atoms with Crippen molar-refractivity contribution in [2.24, 2.45) is 0 Å². The van der Waals surface area contributed by atoms with Crippen LogP contribution in [0.15, 0.2) is 35.4 Å². The highest BCUT2D eigenvalue weighted by molar-refractivity contribution is 7.87. The van der Waals surface area contributed by atoms with Gasteiger partial charge in [0.15, 0.2) is 0 Å². The highest BCUT2D eigenvalue weighted by Gasteiger charge is 2.31. The van der Waals surface area contributed by atoms with Gasteiger partial charge in [-0.05, 0) is 63.9 Å². The Bertz CT molecular complexity index is 1780.